The molecule has 4 nitrogen and oxygen atoms in total. The normalized spacial score (nSPS) is 11.7. The molecule has 1 aromatic carbocycles. The molecular weight excluding hydrogens is 242 g/mol. The molecule has 1 unspecified atom stereocenters. The molecule has 18 heavy (non-hydrogen) atoms. The molecule has 0 aliphatic rings. The van der Waals surface area contributed by atoms with Gasteiger partial charge in [0.2, 0.25) is 0 Å². The minimum atomic E-state index is -2.94. The molecule has 0 aliphatic carbocycles. The summed E-state index contributed by atoms with van der Waals surface area (Å²) in [5.74, 6) is -0.592. The molecule has 1 aromatic rings. The maximum absolute atomic E-state index is 12.0. The van der Waals surface area contributed by atoms with Crippen molar-refractivity contribution < 1.29 is 18.3 Å². The lowest BCUT2D eigenvalue weighted by Crippen LogP contribution is -2.33. The number of hydrogen-bond acceptors (Lipinski definition) is 3. The van der Waals surface area contributed by atoms with Crippen molar-refractivity contribution in [2.75, 3.05) is 0 Å². The summed E-state index contributed by atoms with van der Waals surface area (Å²) in [4.78, 5) is 11.7. The fourth-order valence-corrected chi connectivity index (χ4v) is 1.28. The van der Waals surface area contributed by atoms with Crippen molar-refractivity contribution in [2.24, 2.45) is 0 Å². The molecule has 1 amide bonds. The van der Waals surface area contributed by atoms with Crippen molar-refractivity contribution in [1.82, 2.24) is 5.32 Å². The number of benzene rings is 1. The number of amides is 1. The van der Waals surface area contributed by atoms with E-state index < -0.39 is 18.6 Å². The van der Waals surface area contributed by atoms with Crippen molar-refractivity contribution in [1.29, 1.82) is 5.26 Å². The van der Waals surface area contributed by atoms with E-state index in [0.29, 0.717) is 6.42 Å². The zero-order valence-electron chi connectivity index (χ0n) is 9.69. The molecule has 0 spiro atoms. The van der Waals surface area contributed by atoms with Gasteiger partial charge in [-0.2, -0.15) is 14.0 Å². The highest BCUT2D eigenvalue weighted by Gasteiger charge is 2.12. The van der Waals surface area contributed by atoms with Gasteiger partial charge in [0.05, 0.1) is 6.07 Å². The Morgan fingerprint density at radius 3 is 2.83 bits per heavy atom. The van der Waals surface area contributed by atoms with E-state index in [1.54, 1.807) is 6.92 Å². The summed E-state index contributed by atoms with van der Waals surface area (Å²) in [5, 5.41) is 11.2. The lowest BCUT2D eigenvalue weighted by Gasteiger charge is -2.10. The molecule has 1 N–H and O–H groups in total. The second kappa shape index (κ2) is 6.55. The van der Waals surface area contributed by atoms with Gasteiger partial charge in [0.1, 0.15) is 11.8 Å². The monoisotopic (exact) mass is 254 g/mol. The number of alkyl halides is 2. The molecule has 0 radical (unpaired) electrons. The van der Waals surface area contributed by atoms with E-state index >= 15 is 0 Å². The van der Waals surface area contributed by atoms with Crippen molar-refractivity contribution >= 4 is 5.91 Å². The first-order chi connectivity index (χ1) is 8.56. The van der Waals surface area contributed by atoms with Crippen LogP contribution in [0.3, 0.4) is 0 Å². The lowest BCUT2D eigenvalue weighted by atomic mass is 10.1. The molecule has 6 heteroatoms. The molecule has 96 valence electrons. The first-order valence-corrected chi connectivity index (χ1v) is 5.32. The van der Waals surface area contributed by atoms with Crippen LogP contribution < -0.4 is 10.1 Å². The fourth-order valence-electron chi connectivity index (χ4n) is 1.28. The minimum Gasteiger partial charge on any atom is -0.435 e. The molecule has 0 aromatic heterocycles. The fraction of sp³-hybridized carbons (Fsp3) is 0.333. The highest BCUT2D eigenvalue weighted by Crippen LogP contribution is 2.16. The maximum atomic E-state index is 12.0. The number of nitrogens with zero attached hydrogens (tertiary/aromatic N) is 1. The Morgan fingerprint density at radius 1 is 1.56 bits per heavy atom. The Bertz CT molecular complexity index is 458. The Morgan fingerprint density at radius 2 is 2.28 bits per heavy atom. The highest BCUT2D eigenvalue weighted by atomic mass is 19.3. The first kappa shape index (κ1) is 13.9. The number of ether oxygens (including phenoxy) is 1. The number of hydrogen-bond donors (Lipinski definition) is 1. The average Bonchev–Trinajstić information content (AvgIpc) is 2.35. The Balaban J connectivity index is 2.77. The summed E-state index contributed by atoms with van der Waals surface area (Å²) in [6, 6.07) is 6.73. The molecule has 0 bridgehead atoms. The molecule has 0 heterocycles. The summed E-state index contributed by atoms with van der Waals surface area (Å²) < 4.78 is 28.2. The number of nitrogens with one attached hydrogen (secondary N) is 1. The summed E-state index contributed by atoms with van der Waals surface area (Å²) in [6.45, 7) is -1.18. The minimum absolute atomic E-state index is 0.0948. The smallest absolute Gasteiger partial charge is 0.387 e. The lowest BCUT2D eigenvalue weighted by molar-refractivity contribution is -0.0498. The molecule has 0 aliphatic heterocycles. The second-order valence-corrected chi connectivity index (χ2v) is 3.47. The number of carbonyl (C=O) groups is 1. The van der Waals surface area contributed by atoms with Crippen molar-refractivity contribution in [3.8, 4) is 11.8 Å². The van der Waals surface area contributed by atoms with Gasteiger partial charge in [-0.25, -0.2) is 0 Å². The predicted octanol–water partition coefficient (Wildman–Crippen LogP) is 2.32. The van der Waals surface area contributed by atoms with E-state index in [1.165, 1.54) is 24.3 Å². The summed E-state index contributed by atoms with van der Waals surface area (Å²) >= 11 is 0. The van der Waals surface area contributed by atoms with Crippen LogP contribution in [-0.2, 0) is 0 Å². The van der Waals surface area contributed by atoms with Crippen LogP contribution >= 0.6 is 0 Å². The molecular formula is C12H12F2N2O2. The van der Waals surface area contributed by atoms with Gasteiger partial charge >= 0.3 is 6.61 Å². The first-order valence-electron chi connectivity index (χ1n) is 5.32. The molecule has 0 saturated carbocycles. The largest absolute Gasteiger partial charge is 0.435 e. The van der Waals surface area contributed by atoms with Gasteiger partial charge in [-0.3, -0.25) is 4.79 Å². The van der Waals surface area contributed by atoms with Crippen LogP contribution in [-0.4, -0.2) is 18.6 Å². The molecule has 0 saturated heterocycles. The maximum Gasteiger partial charge on any atom is 0.387 e. The van der Waals surface area contributed by atoms with Gasteiger partial charge in [-0.15, -0.1) is 0 Å². The van der Waals surface area contributed by atoms with Crippen LogP contribution in [0.2, 0.25) is 0 Å². The highest BCUT2D eigenvalue weighted by molar-refractivity contribution is 5.94. The van der Waals surface area contributed by atoms with Crippen LogP contribution in [0.4, 0.5) is 8.78 Å². The summed E-state index contributed by atoms with van der Waals surface area (Å²) in [6.07, 6.45) is 0.468. The van der Waals surface area contributed by atoms with Gasteiger partial charge in [-0.05, 0) is 24.6 Å². The third-order valence-corrected chi connectivity index (χ3v) is 2.19. The quantitative estimate of drug-likeness (QED) is 0.877. The Labute approximate surface area is 103 Å². The van der Waals surface area contributed by atoms with E-state index in [4.69, 9.17) is 5.26 Å². The standard InChI is InChI=1S/C12H12F2N2O2/c1-2-9(7-15)16-11(17)8-4-3-5-10(6-8)18-12(13)14/h3-6,9,12H,2H2,1H3,(H,16,17). The van der Waals surface area contributed by atoms with Gasteiger partial charge in [-0.1, -0.05) is 13.0 Å². The number of halogens is 2. The number of nitriles is 1. The van der Waals surface area contributed by atoms with Crippen molar-refractivity contribution in [3.05, 3.63) is 29.8 Å². The predicted molar refractivity (Wildman–Crippen MR) is 60.2 cm³/mol. The third kappa shape index (κ3) is 4.01. The van der Waals surface area contributed by atoms with E-state index in [1.807, 2.05) is 6.07 Å². The van der Waals surface area contributed by atoms with Crippen LogP contribution in [0.1, 0.15) is 23.7 Å². The van der Waals surface area contributed by atoms with Crippen molar-refractivity contribution in [2.45, 2.75) is 26.0 Å². The average molecular weight is 254 g/mol. The zero-order chi connectivity index (χ0) is 13.5. The van der Waals surface area contributed by atoms with E-state index in [0.717, 1.165) is 0 Å². The van der Waals surface area contributed by atoms with Gasteiger partial charge < -0.3 is 10.1 Å². The van der Waals surface area contributed by atoms with Gasteiger partial charge in [0.15, 0.2) is 0 Å². The number of carbonyl (C=O) groups excluding carboxylic acids is 1. The molecule has 1 rings (SSSR count). The molecule has 0 fully saturated rings. The van der Waals surface area contributed by atoms with Crippen molar-refractivity contribution in [3.63, 3.8) is 0 Å². The van der Waals surface area contributed by atoms with E-state index in [-0.39, 0.29) is 11.3 Å². The van der Waals surface area contributed by atoms with Crippen LogP contribution in [0, 0.1) is 11.3 Å². The third-order valence-electron chi connectivity index (χ3n) is 2.19. The van der Waals surface area contributed by atoms with E-state index in [2.05, 4.69) is 10.1 Å². The second-order valence-electron chi connectivity index (χ2n) is 3.47. The summed E-state index contributed by atoms with van der Waals surface area (Å²) in [5.41, 5.74) is 0.168. The van der Waals surface area contributed by atoms with Gasteiger partial charge in [0, 0.05) is 5.56 Å². The number of rotatable bonds is 5. The van der Waals surface area contributed by atoms with Crippen LogP contribution in [0.15, 0.2) is 24.3 Å². The molecule has 1 atom stereocenters. The summed E-state index contributed by atoms with van der Waals surface area (Å²) in [7, 11) is 0. The van der Waals surface area contributed by atoms with E-state index in [9.17, 15) is 13.6 Å². The Hall–Kier alpha value is -2.16. The van der Waals surface area contributed by atoms with Crippen LogP contribution in [0.5, 0.6) is 5.75 Å². The Kier molecular flexibility index (Phi) is 5.06. The zero-order valence-corrected chi connectivity index (χ0v) is 9.69. The van der Waals surface area contributed by atoms with Crippen LogP contribution in [0.25, 0.3) is 0 Å². The van der Waals surface area contributed by atoms with Gasteiger partial charge in [0.25, 0.3) is 5.91 Å². The SMILES string of the molecule is CCC(C#N)NC(=O)c1cccc(OC(F)F)c1. The topological polar surface area (TPSA) is 62.1 Å².